The number of rotatable bonds is 7. The molecule has 3 heteroatoms. The number of hydrogen-bond acceptors (Lipinski definition) is 1. The fourth-order valence-electron chi connectivity index (χ4n) is 1.58. The third-order valence-electron chi connectivity index (χ3n) is 2.85. The maximum absolute atomic E-state index is 11.5. The van der Waals surface area contributed by atoms with Gasteiger partial charge in [0.2, 0.25) is 5.91 Å². The summed E-state index contributed by atoms with van der Waals surface area (Å²) in [5.74, 6) is 1.20. The zero-order valence-electron chi connectivity index (χ0n) is 8.89. The smallest absolute Gasteiger partial charge is 0.223 e. The summed E-state index contributed by atoms with van der Waals surface area (Å²) in [7, 11) is 0. The lowest BCUT2D eigenvalue weighted by Crippen LogP contribution is -2.30. The lowest BCUT2D eigenvalue weighted by Gasteiger charge is -2.10. The number of nitrogens with one attached hydrogen (secondary N) is 1. The Kier molecular flexibility index (Phi) is 5.82. The van der Waals surface area contributed by atoms with E-state index in [0.29, 0.717) is 5.92 Å². The summed E-state index contributed by atoms with van der Waals surface area (Å²) < 4.78 is 1.23. The van der Waals surface area contributed by atoms with Gasteiger partial charge in [-0.2, -0.15) is 0 Å². The molecule has 1 fully saturated rings. The van der Waals surface area contributed by atoms with Gasteiger partial charge in [0.25, 0.3) is 0 Å². The van der Waals surface area contributed by atoms with Crippen molar-refractivity contribution in [3.8, 4) is 0 Å². The number of alkyl halides is 1. The highest BCUT2D eigenvalue weighted by Gasteiger charge is 2.32. The molecule has 0 spiro atoms. The first-order valence-electron chi connectivity index (χ1n) is 5.59. The van der Waals surface area contributed by atoms with Crippen molar-refractivity contribution in [2.75, 3.05) is 11.0 Å². The van der Waals surface area contributed by atoms with E-state index in [2.05, 4.69) is 34.8 Å². The normalized spacial score (nSPS) is 17.9. The van der Waals surface area contributed by atoms with Gasteiger partial charge in [0.05, 0.1) is 0 Å². The van der Waals surface area contributed by atoms with E-state index in [1.54, 1.807) is 0 Å². The molecule has 0 saturated heterocycles. The molecular weight excluding hydrogens is 289 g/mol. The molecule has 0 bridgehead atoms. The number of carbonyl (C=O) groups is 1. The summed E-state index contributed by atoms with van der Waals surface area (Å²) in [5.41, 5.74) is 0. The summed E-state index contributed by atoms with van der Waals surface area (Å²) in [6.45, 7) is 2.92. The van der Waals surface area contributed by atoms with Crippen LogP contribution in [0.4, 0.5) is 0 Å². The Labute approximate surface area is 100 Å². The molecular formula is C11H20INO. The molecule has 1 amide bonds. The monoisotopic (exact) mass is 309 g/mol. The molecule has 14 heavy (non-hydrogen) atoms. The van der Waals surface area contributed by atoms with Gasteiger partial charge in [0, 0.05) is 12.5 Å². The van der Waals surface area contributed by atoms with Crippen LogP contribution in [0.2, 0.25) is 0 Å². The molecule has 1 saturated carbocycles. The third-order valence-corrected chi connectivity index (χ3v) is 3.62. The van der Waals surface area contributed by atoms with Gasteiger partial charge in [-0.3, -0.25) is 4.79 Å². The van der Waals surface area contributed by atoms with E-state index in [1.807, 2.05) is 0 Å². The Hall–Kier alpha value is 0.200. The second kappa shape index (κ2) is 6.64. The highest BCUT2D eigenvalue weighted by molar-refractivity contribution is 14.1. The van der Waals surface area contributed by atoms with Crippen molar-refractivity contribution in [1.82, 2.24) is 5.32 Å². The summed E-state index contributed by atoms with van der Waals surface area (Å²) >= 11 is 2.39. The van der Waals surface area contributed by atoms with E-state index >= 15 is 0 Å². The molecule has 1 rings (SSSR count). The zero-order valence-corrected chi connectivity index (χ0v) is 11.0. The molecule has 1 aliphatic carbocycles. The summed E-state index contributed by atoms with van der Waals surface area (Å²) in [6, 6.07) is 0. The molecule has 0 aromatic heterocycles. The minimum Gasteiger partial charge on any atom is -0.356 e. The molecule has 0 aromatic carbocycles. The van der Waals surface area contributed by atoms with Crippen LogP contribution in [0.5, 0.6) is 0 Å². The van der Waals surface area contributed by atoms with Gasteiger partial charge in [-0.1, -0.05) is 35.9 Å². The predicted molar refractivity (Wildman–Crippen MR) is 67.6 cm³/mol. The van der Waals surface area contributed by atoms with Crippen LogP contribution in [-0.2, 0) is 4.79 Å². The average molecular weight is 309 g/mol. The first kappa shape index (κ1) is 12.3. The van der Waals surface area contributed by atoms with Crippen LogP contribution in [0, 0.1) is 11.8 Å². The largest absolute Gasteiger partial charge is 0.356 e. The highest BCUT2D eigenvalue weighted by Crippen LogP contribution is 2.36. The maximum Gasteiger partial charge on any atom is 0.223 e. The fraction of sp³-hybridized carbons (Fsp3) is 0.909. The molecule has 0 aliphatic heterocycles. The molecule has 1 unspecified atom stereocenters. The first-order chi connectivity index (χ1) is 6.75. The van der Waals surface area contributed by atoms with Crippen LogP contribution in [0.15, 0.2) is 0 Å². The van der Waals surface area contributed by atoms with Crippen LogP contribution in [-0.4, -0.2) is 16.9 Å². The van der Waals surface area contributed by atoms with Gasteiger partial charge in [0.1, 0.15) is 0 Å². The van der Waals surface area contributed by atoms with E-state index in [4.69, 9.17) is 0 Å². The van der Waals surface area contributed by atoms with Crippen molar-refractivity contribution < 1.29 is 4.79 Å². The zero-order chi connectivity index (χ0) is 10.4. The van der Waals surface area contributed by atoms with Gasteiger partial charge in [-0.15, -0.1) is 0 Å². The van der Waals surface area contributed by atoms with Gasteiger partial charge >= 0.3 is 0 Å². The third kappa shape index (κ3) is 4.62. The molecule has 82 valence electrons. The minimum atomic E-state index is 0.250. The van der Waals surface area contributed by atoms with Gasteiger partial charge in [0.15, 0.2) is 0 Å². The van der Waals surface area contributed by atoms with Crippen LogP contribution in [0.1, 0.15) is 39.0 Å². The Balaban J connectivity index is 1.97. The molecule has 1 aliphatic rings. The minimum absolute atomic E-state index is 0.250. The number of amides is 1. The van der Waals surface area contributed by atoms with E-state index in [0.717, 1.165) is 13.0 Å². The van der Waals surface area contributed by atoms with Gasteiger partial charge in [-0.05, 0) is 36.0 Å². The number of carbonyl (C=O) groups excluding carboxylic acids is 1. The van der Waals surface area contributed by atoms with Crippen LogP contribution in [0.3, 0.4) is 0 Å². The van der Waals surface area contributed by atoms with E-state index in [1.165, 1.54) is 30.1 Å². The lowest BCUT2D eigenvalue weighted by molar-refractivity contribution is -0.125. The Morgan fingerprint density at radius 2 is 2.14 bits per heavy atom. The molecule has 2 nitrogen and oxygen atoms in total. The van der Waals surface area contributed by atoms with E-state index in [-0.39, 0.29) is 11.8 Å². The summed E-state index contributed by atoms with van der Waals surface area (Å²) in [6.07, 6.45) is 6.15. The summed E-state index contributed by atoms with van der Waals surface area (Å²) in [5, 5.41) is 3.02. The molecule has 0 heterocycles. The Bertz CT molecular complexity index is 180. The second-order valence-electron chi connectivity index (χ2n) is 4.17. The van der Waals surface area contributed by atoms with Crippen molar-refractivity contribution in [1.29, 1.82) is 0 Å². The predicted octanol–water partition coefficient (Wildman–Crippen LogP) is 2.75. The average Bonchev–Trinajstić information content (AvgIpc) is 2.99. The number of unbranched alkanes of at least 4 members (excludes halogenated alkanes) is 2. The van der Waals surface area contributed by atoms with Gasteiger partial charge < -0.3 is 5.32 Å². The topological polar surface area (TPSA) is 29.1 Å². The van der Waals surface area contributed by atoms with Crippen LogP contribution in [0.25, 0.3) is 0 Å². The van der Waals surface area contributed by atoms with Crippen molar-refractivity contribution in [3.05, 3.63) is 0 Å². The number of hydrogen-bond donors (Lipinski definition) is 1. The molecule has 0 aromatic rings. The SMILES string of the molecule is CC(C(=O)NCCCCCI)C1CC1. The highest BCUT2D eigenvalue weighted by atomic mass is 127. The Morgan fingerprint density at radius 3 is 2.71 bits per heavy atom. The quantitative estimate of drug-likeness (QED) is 0.437. The standard InChI is InChI=1S/C11H20INO/c1-9(10-5-6-10)11(14)13-8-4-2-3-7-12/h9-10H,2-8H2,1H3,(H,13,14). The van der Waals surface area contributed by atoms with Crippen molar-refractivity contribution in [2.45, 2.75) is 39.0 Å². The Morgan fingerprint density at radius 1 is 1.43 bits per heavy atom. The van der Waals surface area contributed by atoms with Crippen LogP contribution >= 0.6 is 22.6 Å². The van der Waals surface area contributed by atoms with Crippen molar-refractivity contribution in [2.24, 2.45) is 11.8 Å². The van der Waals surface area contributed by atoms with Crippen LogP contribution < -0.4 is 5.32 Å². The molecule has 0 radical (unpaired) electrons. The van der Waals surface area contributed by atoms with Crippen molar-refractivity contribution in [3.63, 3.8) is 0 Å². The second-order valence-corrected chi connectivity index (χ2v) is 5.25. The molecule has 1 atom stereocenters. The van der Waals surface area contributed by atoms with Gasteiger partial charge in [-0.25, -0.2) is 0 Å². The van der Waals surface area contributed by atoms with Crippen molar-refractivity contribution >= 4 is 28.5 Å². The molecule has 1 N–H and O–H groups in total. The maximum atomic E-state index is 11.5. The van der Waals surface area contributed by atoms with E-state index in [9.17, 15) is 4.79 Å². The fourth-order valence-corrected chi connectivity index (χ4v) is 2.12. The lowest BCUT2D eigenvalue weighted by atomic mass is 10.1. The summed E-state index contributed by atoms with van der Waals surface area (Å²) in [4.78, 5) is 11.5. The first-order valence-corrected chi connectivity index (χ1v) is 7.12. The van der Waals surface area contributed by atoms with E-state index < -0.39 is 0 Å². The number of halogens is 1.